The maximum Gasteiger partial charge on any atom is 0.0659 e. The SMILES string of the molecule is Cc1cc(Cl)c(C(Br)c2ccc(I)cc2)cc1C. The van der Waals surface area contributed by atoms with Gasteiger partial charge in [-0.3, -0.25) is 0 Å². The molecule has 0 heterocycles. The molecule has 94 valence electrons. The summed E-state index contributed by atoms with van der Waals surface area (Å²) in [6, 6.07) is 12.7. The average molecular weight is 436 g/mol. The van der Waals surface area contributed by atoms with Gasteiger partial charge in [-0.1, -0.05) is 45.7 Å². The van der Waals surface area contributed by atoms with E-state index in [1.54, 1.807) is 0 Å². The Kier molecular flexibility index (Phi) is 4.73. The Morgan fingerprint density at radius 2 is 1.61 bits per heavy atom. The van der Waals surface area contributed by atoms with Crippen molar-refractivity contribution in [1.82, 2.24) is 0 Å². The van der Waals surface area contributed by atoms with Gasteiger partial charge in [0.15, 0.2) is 0 Å². The largest absolute Gasteiger partial charge is 0.0840 e. The topological polar surface area (TPSA) is 0 Å². The first kappa shape index (κ1) is 14.4. The highest BCUT2D eigenvalue weighted by molar-refractivity contribution is 14.1. The highest BCUT2D eigenvalue weighted by Crippen LogP contribution is 2.36. The van der Waals surface area contributed by atoms with Gasteiger partial charge in [-0.05, 0) is 76.9 Å². The molecule has 0 amide bonds. The van der Waals surface area contributed by atoms with Crippen LogP contribution < -0.4 is 0 Å². The zero-order valence-corrected chi connectivity index (χ0v) is 14.7. The number of rotatable bonds is 2. The zero-order chi connectivity index (χ0) is 13.3. The van der Waals surface area contributed by atoms with E-state index in [4.69, 9.17) is 11.6 Å². The maximum atomic E-state index is 6.35. The van der Waals surface area contributed by atoms with Crippen molar-refractivity contribution in [2.75, 3.05) is 0 Å². The fourth-order valence-corrected chi connectivity index (χ4v) is 3.31. The molecule has 0 N–H and O–H groups in total. The molecule has 0 nitrogen and oxygen atoms in total. The van der Waals surface area contributed by atoms with Gasteiger partial charge in [0.25, 0.3) is 0 Å². The molecule has 1 atom stereocenters. The summed E-state index contributed by atoms with van der Waals surface area (Å²) in [7, 11) is 0. The average Bonchev–Trinajstić information content (AvgIpc) is 2.34. The second-order valence-electron chi connectivity index (χ2n) is 4.37. The van der Waals surface area contributed by atoms with Crippen LogP contribution in [0.4, 0.5) is 0 Å². The van der Waals surface area contributed by atoms with Crippen molar-refractivity contribution in [2.24, 2.45) is 0 Å². The van der Waals surface area contributed by atoms with Crippen molar-refractivity contribution < 1.29 is 0 Å². The summed E-state index contributed by atoms with van der Waals surface area (Å²) in [6.07, 6.45) is 0. The first-order chi connectivity index (χ1) is 8.49. The Labute approximate surface area is 135 Å². The summed E-state index contributed by atoms with van der Waals surface area (Å²) >= 11 is 12.4. The predicted octanol–water partition coefficient (Wildman–Crippen LogP) is 6.05. The lowest BCUT2D eigenvalue weighted by Gasteiger charge is -2.15. The number of benzene rings is 2. The minimum Gasteiger partial charge on any atom is -0.0840 e. The maximum absolute atomic E-state index is 6.35. The predicted molar refractivity (Wildman–Crippen MR) is 90.9 cm³/mol. The molecule has 2 rings (SSSR count). The summed E-state index contributed by atoms with van der Waals surface area (Å²) in [5.41, 5.74) is 4.84. The highest BCUT2D eigenvalue weighted by Gasteiger charge is 2.14. The summed E-state index contributed by atoms with van der Waals surface area (Å²) in [6.45, 7) is 4.20. The Hall–Kier alpha value is -0.0600. The van der Waals surface area contributed by atoms with E-state index in [1.165, 1.54) is 20.3 Å². The van der Waals surface area contributed by atoms with Gasteiger partial charge in [0, 0.05) is 8.59 Å². The third-order valence-electron chi connectivity index (χ3n) is 3.05. The summed E-state index contributed by atoms with van der Waals surface area (Å²) in [5.74, 6) is 0. The van der Waals surface area contributed by atoms with Gasteiger partial charge in [-0.2, -0.15) is 0 Å². The van der Waals surface area contributed by atoms with E-state index in [0.717, 1.165) is 10.6 Å². The van der Waals surface area contributed by atoms with Gasteiger partial charge in [-0.15, -0.1) is 0 Å². The molecule has 2 aromatic rings. The summed E-state index contributed by atoms with van der Waals surface area (Å²) in [4.78, 5) is 0.140. The smallest absolute Gasteiger partial charge is 0.0659 e. The lowest BCUT2D eigenvalue weighted by atomic mass is 10.0. The lowest BCUT2D eigenvalue weighted by Crippen LogP contribution is -1.96. The van der Waals surface area contributed by atoms with Crippen LogP contribution >= 0.6 is 50.1 Å². The minimum atomic E-state index is 0.140. The van der Waals surface area contributed by atoms with Gasteiger partial charge in [0.1, 0.15) is 0 Å². The molecule has 0 saturated carbocycles. The molecular weight excluding hydrogens is 422 g/mol. The van der Waals surface area contributed by atoms with E-state index in [1.807, 2.05) is 6.07 Å². The van der Waals surface area contributed by atoms with E-state index in [2.05, 4.69) is 82.7 Å². The van der Waals surface area contributed by atoms with Crippen molar-refractivity contribution in [1.29, 1.82) is 0 Å². The zero-order valence-electron chi connectivity index (χ0n) is 10.2. The van der Waals surface area contributed by atoms with Crippen molar-refractivity contribution in [3.05, 3.63) is 67.2 Å². The molecule has 0 aliphatic rings. The molecule has 0 aliphatic carbocycles. The Balaban J connectivity index is 2.42. The Bertz CT molecular complexity index is 563. The van der Waals surface area contributed by atoms with E-state index < -0.39 is 0 Å². The fourth-order valence-electron chi connectivity index (χ4n) is 1.81. The van der Waals surface area contributed by atoms with Crippen LogP contribution in [-0.2, 0) is 0 Å². The molecule has 0 aliphatic heterocycles. The first-order valence-corrected chi connectivity index (χ1v) is 8.02. The normalized spacial score (nSPS) is 12.5. The number of aryl methyl sites for hydroxylation is 2. The Morgan fingerprint density at radius 1 is 1.06 bits per heavy atom. The molecule has 0 bridgehead atoms. The van der Waals surface area contributed by atoms with Crippen LogP contribution in [0.5, 0.6) is 0 Å². The van der Waals surface area contributed by atoms with Crippen LogP contribution in [0.15, 0.2) is 36.4 Å². The number of hydrogen-bond donors (Lipinski definition) is 0. The first-order valence-electron chi connectivity index (χ1n) is 5.65. The molecule has 0 spiro atoms. The van der Waals surface area contributed by atoms with Crippen LogP contribution in [0.2, 0.25) is 5.02 Å². The molecule has 1 unspecified atom stereocenters. The van der Waals surface area contributed by atoms with Crippen LogP contribution in [0.1, 0.15) is 27.1 Å². The summed E-state index contributed by atoms with van der Waals surface area (Å²) in [5, 5.41) is 0.818. The van der Waals surface area contributed by atoms with Crippen molar-refractivity contribution >= 4 is 50.1 Å². The van der Waals surface area contributed by atoms with Crippen molar-refractivity contribution in [3.63, 3.8) is 0 Å². The highest BCUT2D eigenvalue weighted by atomic mass is 127. The van der Waals surface area contributed by atoms with Crippen LogP contribution in [-0.4, -0.2) is 0 Å². The monoisotopic (exact) mass is 434 g/mol. The van der Waals surface area contributed by atoms with Crippen LogP contribution in [0.25, 0.3) is 0 Å². The molecule has 18 heavy (non-hydrogen) atoms. The molecule has 0 aromatic heterocycles. The molecule has 0 radical (unpaired) electrons. The van der Waals surface area contributed by atoms with Crippen molar-refractivity contribution in [2.45, 2.75) is 18.7 Å². The second-order valence-corrected chi connectivity index (χ2v) is 6.94. The van der Waals surface area contributed by atoms with E-state index in [0.29, 0.717) is 0 Å². The Morgan fingerprint density at radius 3 is 2.22 bits per heavy atom. The standard InChI is InChI=1S/C15H13BrClI/c1-9-7-13(14(17)8-10(9)2)15(16)11-3-5-12(18)6-4-11/h3-8,15H,1-2H3. The van der Waals surface area contributed by atoms with Crippen LogP contribution in [0.3, 0.4) is 0 Å². The summed E-state index contributed by atoms with van der Waals surface area (Å²) < 4.78 is 1.24. The van der Waals surface area contributed by atoms with E-state index in [-0.39, 0.29) is 4.83 Å². The quantitative estimate of drug-likeness (QED) is 0.398. The molecular formula is C15H13BrClI. The molecule has 0 saturated heterocycles. The number of hydrogen-bond acceptors (Lipinski definition) is 0. The molecule has 0 fully saturated rings. The van der Waals surface area contributed by atoms with E-state index in [9.17, 15) is 0 Å². The van der Waals surface area contributed by atoms with Gasteiger partial charge >= 0.3 is 0 Å². The van der Waals surface area contributed by atoms with Gasteiger partial charge in [0.2, 0.25) is 0 Å². The fraction of sp³-hybridized carbons (Fsp3) is 0.200. The lowest BCUT2D eigenvalue weighted by molar-refractivity contribution is 1.15. The minimum absolute atomic E-state index is 0.140. The van der Waals surface area contributed by atoms with E-state index >= 15 is 0 Å². The molecule has 2 aromatic carbocycles. The van der Waals surface area contributed by atoms with Gasteiger partial charge < -0.3 is 0 Å². The molecule has 3 heteroatoms. The van der Waals surface area contributed by atoms with Gasteiger partial charge in [-0.25, -0.2) is 0 Å². The third-order valence-corrected chi connectivity index (χ3v) is 5.12. The van der Waals surface area contributed by atoms with Crippen molar-refractivity contribution in [3.8, 4) is 0 Å². The van der Waals surface area contributed by atoms with Gasteiger partial charge in [0.05, 0.1) is 4.83 Å². The van der Waals surface area contributed by atoms with Crippen LogP contribution in [0, 0.1) is 17.4 Å². The third kappa shape index (κ3) is 3.09. The number of halogens is 3. The number of alkyl halides is 1. The second kappa shape index (κ2) is 5.93.